The average molecular weight is 207 g/mol. The molecule has 4 nitrogen and oxygen atoms in total. The SMILES string of the molecule is CC1(C)OC2OC(C=O)C(Cl)C2O1. The lowest BCUT2D eigenvalue weighted by atomic mass is 10.2. The highest BCUT2D eigenvalue weighted by molar-refractivity contribution is 6.22. The van der Waals surface area contributed by atoms with Crippen LogP contribution in [0.25, 0.3) is 0 Å². The standard InChI is InChI=1S/C8H11ClO4/c1-8(2)12-6-5(9)4(3-10)11-7(6)13-8/h3-7H,1-2H3. The third-order valence-electron chi connectivity index (χ3n) is 2.14. The van der Waals surface area contributed by atoms with Gasteiger partial charge < -0.3 is 19.0 Å². The van der Waals surface area contributed by atoms with Crippen LogP contribution in [0.5, 0.6) is 0 Å². The highest BCUT2D eigenvalue weighted by atomic mass is 35.5. The van der Waals surface area contributed by atoms with Crippen LogP contribution in [0, 0.1) is 0 Å². The summed E-state index contributed by atoms with van der Waals surface area (Å²) in [4.78, 5) is 10.5. The van der Waals surface area contributed by atoms with Crippen molar-refractivity contribution in [2.24, 2.45) is 0 Å². The van der Waals surface area contributed by atoms with Crippen molar-refractivity contribution >= 4 is 17.9 Å². The fourth-order valence-electron chi connectivity index (χ4n) is 1.60. The normalized spacial score (nSPS) is 47.6. The number of halogens is 1. The number of ether oxygens (including phenoxy) is 3. The van der Waals surface area contributed by atoms with Gasteiger partial charge in [0.2, 0.25) is 0 Å². The van der Waals surface area contributed by atoms with Gasteiger partial charge >= 0.3 is 0 Å². The maximum atomic E-state index is 10.5. The summed E-state index contributed by atoms with van der Waals surface area (Å²) in [6.45, 7) is 3.57. The second-order valence-electron chi connectivity index (χ2n) is 3.65. The van der Waals surface area contributed by atoms with E-state index in [2.05, 4.69) is 0 Å². The summed E-state index contributed by atoms with van der Waals surface area (Å²) in [6.07, 6.45) is -0.789. The molecule has 2 aliphatic rings. The number of carbonyl (C=O) groups is 1. The quantitative estimate of drug-likeness (QED) is 0.467. The number of aldehydes is 1. The van der Waals surface area contributed by atoms with Crippen molar-refractivity contribution < 1.29 is 19.0 Å². The molecule has 13 heavy (non-hydrogen) atoms. The van der Waals surface area contributed by atoms with Crippen LogP contribution in [0.2, 0.25) is 0 Å². The molecule has 0 spiro atoms. The smallest absolute Gasteiger partial charge is 0.189 e. The van der Waals surface area contributed by atoms with Crippen molar-refractivity contribution in [3.8, 4) is 0 Å². The largest absolute Gasteiger partial charge is 0.340 e. The third-order valence-corrected chi connectivity index (χ3v) is 2.64. The number of hydrogen-bond acceptors (Lipinski definition) is 4. The zero-order chi connectivity index (χ0) is 9.64. The van der Waals surface area contributed by atoms with Crippen LogP contribution >= 0.6 is 11.6 Å². The van der Waals surface area contributed by atoms with Crippen LogP contribution in [0.1, 0.15) is 13.8 Å². The molecular formula is C8H11ClO4. The molecule has 4 unspecified atom stereocenters. The van der Waals surface area contributed by atoms with Crippen LogP contribution in [-0.4, -0.2) is 35.9 Å². The van der Waals surface area contributed by atoms with E-state index in [1.807, 2.05) is 0 Å². The Morgan fingerprint density at radius 1 is 1.38 bits per heavy atom. The third kappa shape index (κ3) is 1.48. The van der Waals surface area contributed by atoms with Gasteiger partial charge in [0.15, 0.2) is 18.4 Å². The Balaban J connectivity index is 2.11. The predicted molar refractivity (Wildman–Crippen MR) is 44.4 cm³/mol. The topological polar surface area (TPSA) is 44.8 Å². The van der Waals surface area contributed by atoms with Gasteiger partial charge in [0.1, 0.15) is 12.2 Å². The van der Waals surface area contributed by atoms with E-state index in [9.17, 15) is 4.79 Å². The maximum absolute atomic E-state index is 10.5. The summed E-state index contributed by atoms with van der Waals surface area (Å²) in [5.74, 6) is -0.670. The van der Waals surface area contributed by atoms with Gasteiger partial charge in [-0.3, -0.25) is 0 Å². The molecule has 2 saturated heterocycles. The molecule has 5 heteroatoms. The van der Waals surface area contributed by atoms with Crippen LogP contribution in [0.4, 0.5) is 0 Å². The van der Waals surface area contributed by atoms with Gasteiger partial charge in [0.05, 0.1) is 5.38 Å². The van der Waals surface area contributed by atoms with E-state index in [1.54, 1.807) is 13.8 Å². The summed E-state index contributed by atoms with van der Waals surface area (Å²) < 4.78 is 16.1. The Morgan fingerprint density at radius 3 is 2.62 bits per heavy atom. The summed E-state index contributed by atoms with van der Waals surface area (Å²) >= 11 is 5.95. The Labute approximate surface area is 81.1 Å². The first kappa shape index (κ1) is 9.40. The van der Waals surface area contributed by atoms with Gasteiger partial charge in [0, 0.05) is 0 Å². The number of fused-ring (bicyclic) bond motifs is 1. The van der Waals surface area contributed by atoms with Crippen molar-refractivity contribution in [3.05, 3.63) is 0 Å². The molecule has 4 atom stereocenters. The molecular weight excluding hydrogens is 196 g/mol. The second kappa shape index (κ2) is 2.92. The highest BCUT2D eigenvalue weighted by Gasteiger charge is 2.54. The summed E-state index contributed by atoms with van der Waals surface area (Å²) in [7, 11) is 0. The van der Waals surface area contributed by atoms with Crippen molar-refractivity contribution in [2.75, 3.05) is 0 Å². The highest BCUT2D eigenvalue weighted by Crippen LogP contribution is 2.38. The first-order valence-corrected chi connectivity index (χ1v) is 4.57. The lowest BCUT2D eigenvalue weighted by Crippen LogP contribution is -2.31. The Hall–Kier alpha value is -0.160. The summed E-state index contributed by atoms with van der Waals surface area (Å²) in [5.41, 5.74) is 0. The van der Waals surface area contributed by atoms with E-state index in [1.165, 1.54) is 0 Å². The molecule has 0 radical (unpaired) electrons. The fraction of sp³-hybridized carbons (Fsp3) is 0.875. The van der Waals surface area contributed by atoms with Gasteiger partial charge in [-0.25, -0.2) is 0 Å². The summed E-state index contributed by atoms with van der Waals surface area (Å²) in [5, 5.41) is -0.454. The Bertz CT molecular complexity index is 230. The zero-order valence-electron chi connectivity index (χ0n) is 7.40. The molecule has 0 N–H and O–H groups in total. The van der Waals surface area contributed by atoms with Crippen molar-refractivity contribution in [1.29, 1.82) is 0 Å². The van der Waals surface area contributed by atoms with Crippen LogP contribution in [-0.2, 0) is 19.0 Å². The maximum Gasteiger partial charge on any atom is 0.189 e. The number of carbonyl (C=O) groups excluding carboxylic acids is 1. The van der Waals surface area contributed by atoms with Crippen molar-refractivity contribution in [2.45, 2.75) is 43.5 Å². The molecule has 2 heterocycles. The van der Waals surface area contributed by atoms with E-state index >= 15 is 0 Å². The molecule has 0 aliphatic carbocycles. The van der Waals surface area contributed by atoms with E-state index < -0.39 is 23.6 Å². The number of hydrogen-bond donors (Lipinski definition) is 0. The van der Waals surface area contributed by atoms with E-state index in [4.69, 9.17) is 25.8 Å². The molecule has 74 valence electrons. The Kier molecular flexibility index (Phi) is 2.11. The average Bonchev–Trinajstić information content (AvgIpc) is 2.47. The molecule has 0 aromatic heterocycles. The summed E-state index contributed by atoms with van der Waals surface area (Å²) in [6, 6.07) is 0. The van der Waals surface area contributed by atoms with Crippen molar-refractivity contribution in [1.82, 2.24) is 0 Å². The van der Waals surface area contributed by atoms with Gasteiger partial charge in [-0.15, -0.1) is 11.6 Å². The van der Waals surface area contributed by atoms with Crippen LogP contribution in [0.15, 0.2) is 0 Å². The van der Waals surface area contributed by atoms with Crippen LogP contribution in [0.3, 0.4) is 0 Å². The van der Waals surface area contributed by atoms with Gasteiger partial charge in [-0.1, -0.05) is 0 Å². The molecule has 0 saturated carbocycles. The predicted octanol–water partition coefficient (Wildman–Crippen LogP) is 0.669. The number of rotatable bonds is 1. The Morgan fingerprint density at radius 2 is 2.08 bits per heavy atom. The zero-order valence-corrected chi connectivity index (χ0v) is 8.15. The van der Waals surface area contributed by atoms with Gasteiger partial charge in [0.25, 0.3) is 0 Å². The first-order valence-electron chi connectivity index (χ1n) is 4.14. The molecule has 0 bridgehead atoms. The lowest BCUT2D eigenvalue weighted by molar-refractivity contribution is -0.202. The van der Waals surface area contributed by atoms with E-state index in [0.717, 1.165) is 0 Å². The molecule has 0 amide bonds. The number of alkyl halides is 1. The first-order chi connectivity index (χ1) is 6.03. The molecule has 2 fully saturated rings. The minimum atomic E-state index is -0.670. The monoisotopic (exact) mass is 206 g/mol. The van der Waals surface area contributed by atoms with E-state index in [0.29, 0.717) is 6.29 Å². The molecule has 2 aliphatic heterocycles. The van der Waals surface area contributed by atoms with Crippen LogP contribution < -0.4 is 0 Å². The second-order valence-corrected chi connectivity index (χ2v) is 4.15. The minimum Gasteiger partial charge on any atom is -0.340 e. The fourth-order valence-corrected chi connectivity index (χ4v) is 1.89. The van der Waals surface area contributed by atoms with Gasteiger partial charge in [-0.2, -0.15) is 0 Å². The molecule has 0 aromatic rings. The molecule has 0 aromatic carbocycles. The van der Waals surface area contributed by atoms with E-state index in [-0.39, 0.29) is 6.10 Å². The molecule has 2 rings (SSSR count). The minimum absolute atomic E-state index is 0.341. The van der Waals surface area contributed by atoms with Crippen molar-refractivity contribution in [3.63, 3.8) is 0 Å². The van der Waals surface area contributed by atoms with Gasteiger partial charge in [-0.05, 0) is 13.8 Å². The lowest BCUT2D eigenvalue weighted by Gasteiger charge is -2.20.